The van der Waals surface area contributed by atoms with E-state index in [2.05, 4.69) is 36.4 Å². The molecule has 4 rings (SSSR count). The predicted molar refractivity (Wildman–Crippen MR) is 116 cm³/mol. The molecule has 0 radical (unpaired) electrons. The monoisotopic (exact) mass is 412 g/mol. The van der Waals surface area contributed by atoms with Gasteiger partial charge >= 0.3 is 5.97 Å². The number of nitrogens with zero attached hydrogens (tertiary/aromatic N) is 4. The van der Waals surface area contributed by atoms with E-state index in [1.54, 1.807) is 6.20 Å². The topological polar surface area (TPSA) is 107 Å². The number of aliphatic carboxylic acids is 1. The van der Waals surface area contributed by atoms with Crippen LogP contribution in [0.3, 0.4) is 0 Å². The highest BCUT2D eigenvalue weighted by Gasteiger charge is 2.31. The molecule has 1 atom stereocenters. The highest BCUT2D eigenvalue weighted by Crippen LogP contribution is 2.35. The second-order valence-corrected chi connectivity index (χ2v) is 8.86. The average molecular weight is 413 g/mol. The molecule has 30 heavy (non-hydrogen) atoms. The number of aromatic amines is 1. The Hall–Kier alpha value is -2.64. The second-order valence-electron chi connectivity index (χ2n) is 8.86. The molecule has 0 aliphatic heterocycles. The average Bonchev–Trinajstić information content (AvgIpc) is 3.45. The molecule has 2 saturated carbocycles. The maximum atomic E-state index is 11.3. The van der Waals surface area contributed by atoms with Gasteiger partial charge in [-0.05, 0) is 50.5 Å². The van der Waals surface area contributed by atoms with Crippen molar-refractivity contribution in [2.45, 2.75) is 70.3 Å². The standard InChI is InChI=1S/C22H32N6O2/c1-14(21(29)30)15-7-9-17(10-8-15)28(2)22-23-12-11-19(25-22)24-20-13-18(26-27-20)16-5-3-4-6-16/h11-17H,3-10H2,1-2H3,(H,29,30)(H2,23,24,25,26,27). The van der Waals surface area contributed by atoms with Crippen LogP contribution in [0.4, 0.5) is 17.6 Å². The lowest BCUT2D eigenvalue weighted by atomic mass is 9.78. The fourth-order valence-electron chi connectivity index (χ4n) is 4.92. The molecule has 2 fully saturated rings. The molecule has 2 aliphatic carbocycles. The quantitative estimate of drug-likeness (QED) is 0.622. The number of H-pyrrole nitrogens is 1. The van der Waals surface area contributed by atoms with E-state index in [-0.39, 0.29) is 11.8 Å². The smallest absolute Gasteiger partial charge is 0.306 e. The molecule has 2 aromatic heterocycles. The van der Waals surface area contributed by atoms with E-state index in [9.17, 15) is 9.90 Å². The summed E-state index contributed by atoms with van der Waals surface area (Å²) in [6.45, 7) is 1.82. The van der Waals surface area contributed by atoms with E-state index in [1.165, 1.54) is 31.4 Å². The van der Waals surface area contributed by atoms with Gasteiger partial charge in [0.2, 0.25) is 5.95 Å². The van der Waals surface area contributed by atoms with E-state index in [1.807, 2.05) is 20.0 Å². The number of carboxylic acid groups (broad SMARTS) is 1. The van der Waals surface area contributed by atoms with Crippen molar-refractivity contribution in [2.75, 3.05) is 17.3 Å². The fourth-order valence-corrected chi connectivity index (χ4v) is 4.92. The van der Waals surface area contributed by atoms with Crippen molar-refractivity contribution in [3.63, 3.8) is 0 Å². The van der Waals surface area contributed by atoms with Gasteiger partial charge < -0.3 is 15.3 Å². The van der Waals surface area contributed by atoms with Gasteiger partial charge in [-0.3, -0.25) is 9.89 Å². The molecule has 0 aromatic carbocycles. The van der Waals surface area contributed by atoms with Crippen molar-refractivity contribution in [3.05, 3.63) is 24.0 Å². The minimum atomic E-state index is -0.691. The van der Waals surface area contributed by atoms with E-state index in [0.717, 1.165) is 37.3 Å². The summed E-state index contributed by atoms with van der Waals surface area (Å²) >= 11 is 0. The summed E-state index contributed by atoms with van der Waals surface area (Å²) in [7, 11) is 2.03. The Morgan fingerprint density at radius 3 is 2.63 bits per heavy atom. The number of carbonyl (C=O) groups is 1. The van der Waals surface area contributed by atoms with E-state index in [4.69, 9.17) is 0 Å². The molecule has 8 heteroatoms. The molecule has 0 spiro atoms. The lowest BCUT2D eigenvalue weighted by Gasteiger charge is -2.35. The van der Waals surface area contributed by atoms with Crippen molar-refractivity contribution in [3.8, 4) is 0 Å². The molecule has 3 N–H and O–H groups in total. The summed E-state index contributed by atoms with van der Waals surface area (Å²) in [5.41, 5.74) is 1.20. The summed E-state index contributed by atoms with van der Waals surface area (Å²) in [4.78, 5) is 22.5. The molecular formula is C22H32N6O2. The number of anilines is 3. The molecule has 0 bridgehead atoms. The first-order valence-electron chi connectivity index (χ1n) is 11.1. The number of aromatic nitrogens is 4. The van der Waals surface area contributed by atoms with Gasteiger partial charge in [0.1, 0.15) is 5.82 Å². The summed E-state index contributed by atoms with van der Waals surface area (Å²) in [6.07, 6.45) is 10.6. The Morgan fingerprint density at radius 2 is 1.93 bits per heavy atom. The van der Waals surface area contributed by atoms with Gasteiger partial charge in [0.15, 0.2) is 5.82 Å². The normalized spacial score (nSPS) is 23.3. The number of hydrogen-bond donors (Lipinski definition) is 3. The lowest BCUT2D eigenvalue weighted by molar-refractivity contribution is -0.143. The van der Waals surface area contributed by atoms with E-state index >= 15 is 0 Å². The highest BCUT2D eigenvalue weighted by atomic mass is 16.4. The maximum Gasteiger partial charge on any atom is 0.306 e. The van der Waals surface area contributed by atoms with Crippen LogP contribution in [0.5, 0.6) is 0 Å². The predicted octanol–water partition coefficient (Wildman–Crippen LogP) is 4.32. The molecule has 2 heterocycles. The minimum Gasteiger partial charge on any atom is -0.481 e. The summed E-state index contributed by atoms with van der Waals surface area (Å²) in [5, 5.41) is 20.1. The second kappa shape index (κ2) is 9.02. The zero-order chi connectivity index (χ0) is 21.1. The van der Waals surface area contributed by atoms with Crippen LogP contribution < -0.4 is 10.2 Å². The van der Waals surface area contributed by atoms with Gasteiger partial charge in [0.05, 0.1) is 5.92 Å². The molecule has 162 valence electrons. The number of carboxylic acids is 1. The Balaban J connectivity index is 1.37. The SMILES string of the molecule is CC(C(=O)O)C1CCC(N(C)c2nccc(Nc3cc(C4CCCC4)[nH]n3)n2)CC1. The van der Waals surface area contributed by atoms with Crippen LogP contribution in [-0.2, 0) is 4.79 Å². The Kier molecular flexibility index (Phi) is 6.20. The third-order valence-corrected chi connectivity index (χ3v) is 6.99. The van der Waals surface area contributed by atoms with Crippen molar-refractivity contribution in [1.29, 1.82) is 0 Å². The Morgan fingerprint density at radius 1 is 1.20 bits per heavy atom. The van der Waals surface area contributed by atoms with Crippen molar-refractivity contribution < 1.29 is 9.90 Å². The van der Waals surface area contributed by atoms with Crippen LogP contribution in [0.25, 0.3) is 0 Å². The van der Waals surface area contributed by atoms with Crippen LogP contribution in [-0.4, -0.2) is 44.3 Å². The maximum absolute atomic E-state index is 11.3. The third kappa shape index (κ3) is 4.57. The van der Waals surface area contributed by atoms with Crippen LogP contribution in [0.1, 0.15) is 69.9 Å². The van der Waals surface area contributed by atoms with Gasteiger partial charge in [-0.25, -0.2) is 4.98 Å². The van der Waals surface area contributed by atoms with Crippen LogP contribution in [0, 0.1) is 11.8 Å². The molecule has 8 nitrogen and oxygen atoms in total. The first kappa shape index (κ1) is 20.6. The Bertz CT molecular complexity index is 855. The summed E-state index contributed by atoms with van der Waals surface area (Å²) < 4.78 is 0. The highest BCUT2D eigenvalue weighted by molar-refractivity contribution is 5.69. The van der Waals surface area contributed by atoms with Crippen LogP contribution in [0.2, 0.25) is 0 Å². The molecular weight excluding hydrogens is 380 g/mol. The Labute approximate surface area is 177 Å². The molecule has 2 aliphatic rings. The van der Waals surface area contributed by atoms with Gasteiger partial charge in [0, 0.05) is 37.0 Å². The first-order chi connectivity index (χ1) is 14.5. The van der Waals surface area contributed by atoms with Crippen LogP contribution >= 0.6 is 0 Å². The summed E-state index contributed by atoms with van der Waals surface area (Å²) in [5.74, 6) is 2.08. The zero-order valence-electron chi connectivity index (χ0n) is 17.8. The summed E-state index contributed by atoms with van der Waals surface area (Å²) in [6, 6.07) is 4.27. The van der Waals surface area contributed by atoms with Gasteiger partial charge in [-0.15, -0.1) is 0 Å². The number of nitrogens with one attached hydrogen (secondary N) is 2. The van der Waals surface area contributed by atoms with Crippen molar-refractivity contribution in [1.82, 2.24) is 20.2 Å². The van der Waals surface area contributed by atoms with Gasteiger partial charge in [-0.2, -0.15) is 10.1 Å². The largest absolute Gasteiger partial charge is 0.481 e. The fraction of sp³-hybridized carbons (Fsp3) is 0.636. The zero-order valence-corrected chi connectivity index (χ0v) is 17.8. The lowest BCUT2D eigenvalue weighted by Crippen LogP contribution is -2.38. The van der Waals surface area contributed by atoms with Gasteiger partial charge in [-0.1, -0.05) is 19.8 Å². The van der Waals surface area contributed by atoms with Crippen molar-refractivity contribution in [2.24, 2.45) is 11.8 Å². The van der Waals surface area contributed by atoms with Gasteiger partial charge in [0.25, 0.3) is 0 Å². The molecule has 2 aromatic rings. The number of hydrogen-bond acceptors (Lipinski definition) is 6. The van der Waals surface area contributed by atoms with Crippen molar-refractivity contribution >= 4 is 23.6 Å². The third-order valence-electron chi connectivity index (χ3n) is 6.99. The first-order valence-corrected chi connectivity index (χ1v) is 11.1. The molecule has 0 saturated heterocycles. The number of rotatable bonds is 7. The minimum absolute atomic E-state index is 0.259. The molecule has 1 unspecified atom stereocenters. The molecule has 0 amide bonds. The van der Waals surface area contributed by atoms with E-state index < -0.39 is 5.97 Å². The van der Waals surface area contributed by atoms with E-state index in [0.29, 0.717) is 17.9 Å². The van der Waals surface area contributed by atoms with Crippen LogP contribution in [0.15, 0.2) is 18.3 Å².